The van der Waals surface area contributed by atoms with Crippen LogP contribution in [-0.2, 0) is 0 Å². The van der Waals surface area contributed by atoms with E-state index < -0.39 is 11.7 Å². The maximum atomic E-state index is 13.2. The van der Waals surface area contributed by atoms with Crippen molar-refractivity contribution in [3.05, 3.63) is 53.7 Å². The average Bonchev–Trinajstić information content (AvgIpc) is 2.68. The van der Waals surface area contributed by atoms with E-state index >= 15 is 0 Å². The van der Waals surface area contributed by atoms with Crippen LogP contribution in [-0.4, -0.2) is 5.91 Å². The van der Waals surface area contributed by atoms with Crippen LogP contribution in [0, 0.1) is 12.7 Å². The summed E-state index contributed by atoms with van der Waals surface area (Å²) in [6.07, 6.45) is 0. The maximum absolute atomic E-state index is 13.2. The van der Waals surface area contributed by atoms with Crippen LogP contribution in [0.4, 0.5) is 10.1 Å². The average molecular weight is 219 g/mol. The number of benzene rings is 1. The minimum atomic E-state index is -0.473. The number of carbonyl (C=O) groups is 1. The Hall–Kier alpha value is -2.10. The molecule has 4 heteroatoms. The predicted octanol–water partition coefficient (Wildman–Crippen LogP) is 2.98. The Morgan fingerprint density at radius 2 is 2.00 bits per heavy atom. The number of carbonyl (C=O) groups excluding carboxylic acids is 1. The van der Waals surface area contributed by atoms with Crippen molar-refractivity contribution < 1.29 is 13.6 Å². The molecule has 1 aromatic heterocycles. The summed E-state index contributed by atoms with van der Waals surface area (Å²) in [6, 6.07) is 9.20. The van der Waals surface area contributed by atoms with Crippen LogP contribution in [0.1, 0.15) is 16.3 Å². The lowest BCUT2D eigenvalue weighted by atomic mass is 10.3. The molecule has 2 rings (SSSR count). The molecule has 0 radical (unpaired) electrons. The third-order valence-electron chi connectivity index (χ3n) is 2.09. The van der Waals surface area contributed by atoms with Crippen LogP contribution in [0.3, 0.4) is 0 Å². The van der Waals surface area contributed by atoms with Gasteiger partial charge in [-0.2, -0.15) is 0 Å². The lowest BCUT2D eigenvalue weighted by Crippen LogP contribution is -2.11. The molecule has 1 heterocycles. The zero-order chi connectivity index (χ0) is 11.5. The molecule has 0 fully saturated rings. The number of nitrogens with one attached hydrogen (secondary N) is 1. The fourth-order valence-electron chi connectivity index (χ4n) is 1.30. The van der Waals surface area contributed by atoms with Crippen molar-refractivity contribution in [3.63, 3.8) is 0 Å². The van der Waals surface area contributed by atoms with Crippen molar-refractivity contribution in [2.75, 3.05) is 5.32 Å². The Morgan fingerprint density at radius 1 is 1.25 bits per heavy atom. The van der Waals surface area contributed by atoms with Crippen molar-refractivity contribution in [1.29, 1.82) is 0 Å². The van der Waals surface area contributed by atoms with Gasteiger partial charge in [0.15, 0.2) is 5.76 Å². The van der Waals surface area contributed by atoms with Crippen LogP contribution >= 0.6 is 0 Å². The smallest absolute Gasteiger partial charge is 0.291 e. The highest BCUT2D eigenvalue weighted by atomic mass is 19.1. The van der Waals surface area contributed by atoms with E-state index in [1.54, 1.807) is 31.2 Å². The Bertz CT molecular complexity index is 519. The van der Waals surface area contributed by atoms with Gasteiger partial charge in [0, 0.05) is 0 Å². The molecular weight excluding hydrogens is 209 g/mol. The molecule has 0 aliphatic rings. The summed E-state index contributed by atoms with van der Waals surface area (Å²) in [5, 5.41) is 2.43. The number of para-hydroxylation sites is 1. The van der Waals surface area contributed by atoms with Crippen molar-refractivity contribution in [2.45, 2.75) is 6.92 Å². The standard InChI is InChI=1S/C12H10FNO2/c1-8-6-7-11(16-8)12(15)14-10-5-3-2-4-9(10)13/h2-7H,1H3,(H,14,15). The van der Waals surface area contributed by atoms with Gasteiger partial charge in [-0.25, -0.2) is 4.39 Å². The zero-order valence-electron chi connectivity index (χ0n) is 8.66. The molecule has 0 saturated heterocycles. The monoisotopic (exact) mass is 219 g/mol. The van der Waals surface area contributed by atoms with Gasteiger partial charge >= 0.3 is 0 Å². The quantitative estimate of drug-likeness (QED) is 0.843. The summed E-state index contributed by atoms with van der Waals surface area (Å²) in [6.45, 7) is 1.74. The fourth-order valence-corrected chi connectivity index (χ4v) is 1.30. The first kappa shape index (κ1) is 10.4. The van der Waals surface area contributed by atoms with Crippen LogP contribution in [0.2, 0.25) is 0 Å². The maximum Gasteiger partial charge on any atom is 0.291 e. The highest BCUT2D eigenvalue weighted by Crippen LogP contribution is 2.14. The molecule has 0 unspecified atom stereocenters. The van der Waals surface area contributed by atoms with E-state index in [-0.39, 0.29) is 11.4 Å². The minimum Gasteiger partial charge on any atom is -0.456 e. The fraction of sp³-hybridized carbons (Fsp3) is 0.0833. The van der Waals surface area contributed by atoms with E-state index in [2.05, 4.69) is 5.32 Å². The van der Waals surface area contributed by atoms with Gasteiger partial charge in [-0.3, -0.25) is 4.79 Å². The van der Waals surface area contributed by atoms with E-state index in [1.807, 2.05) is 0 Å². The largest absolute Gasteiger partial charge is 0.456 e. The summed E-state index contributed by atoms with van der Waals surface area (Å²) < 4.78 is 18.3. The van der Waals surface area contributed by atoms with Crippen LogP contribution in [0.5, 0.6) is 0 Å². The number of halogens is 1. The van der Waals surface area contributed by atoms with Crippen molar-refractivity contribution in [2.24, 2.45) is 0 Å². The van der Waals surface area contributed by atoms with Crippen LogP contribution < -0.4 is 5.32 Å². The molecule has 0 spiro atoms. The summed E-state index contributed by atoms with van der Waals surface area (Å²) in [5.74, 6) is -0.128. The van der Waals surface area contributed by atoms with Crippen molar-refractivity contribution in [3.8, 4) is 0 Å². The van der Waals surface area contributed by atoms with E-state index in [4.69, 9.17) is 4.42 Å². The lowest BCUT2D eigenvalue weighted by Gasteiger charge is -2.03. The summed E-state index contributed by atoms with van der Waals surface area (Å²) in [7, 11) is 0. The third-order valence-corrected chi connectivity index (χ3v) is 2.09. The third kappa shape index (κ3) is 2.11. The number of anilines is 1. The summed E-state index contributed by atoms with van der Waals surface area (Å²) >= 11 is 0. The predicted molar refractivity (Wildman–Crippen MR) is 57.8 cm³/mol. The molecule has 1 N–H and O–H groups in total. The summed E-state index contributed by atoms with van der Waals surface area (Å²) in [5.41, 5.74) is 0.140. The van der Waals surface area contributed by atoms with E-state index in [0.717, 1.165) is 0 Å². The van der Waals surface area contributed by atoms with Gasteiger partial charge in [-0.05, 0) is 31.2 Å². The highest BCUT2D eigenvalue weighted by molar-refractivity contribution is 6.02. The van der Waals surface area contributed by atoms with E-state index in [9.17, 15) is 9.18 Å². The molecule has 1 amide bonds. The van der Waals surface area contributed by atoms with Crippen LogP contribution in [0.15, 0.2) is 40.8 Å². The number of aryl methyl sites for hydroxylation is 1. The minimum absolute atomic E-state index is 0.140. The molecule has 3 nitrogen and oxygen atoms in total. The molecule has 0 aliphatic heterocycles. The highest BCUT2D eigenvalue weighted by Gasteiger charge is 2.11. The van der Waals surface area contributed by atoms with Crippen LogP contribution in [0.25, 0.3) is 0 Å². The topological polar surface area (TPSA) is 42.2 Å². The first-order chi connectivity index (χ1) is 7.66. The van der Waals surface area contributed by atoms with Crippen molar-refractivity contribution >= 4 is 11.6 Å². The first-order valence-electron chi connectivity index (χ1n) is 4.79. The van der Waals surface area contributed by atoms with Gasteiger partial charge in [0.25, 0.3) is 5.91 Å². The van der Waals surface area contributed by atoms with Gasteiger partial charge in [0.05, 0.1) is 5.69 Å². The second-order valence-electron chi connectivity index (χ2n) is 3.34. The Kier molecular flexibility index (Phi) is 2.72. The SMILES string of the molecule is Cc1ccc(C(=O)Nc2ccccc2F)o1. The molecule has 0 aliphatic carbocycles. The van der Waals surface area contributed by atoms with Gasteiger partial charge in [-0.1, -0.05) is 12.1 Å². The molecule has 0 atom stereocenters. The number of furan rings is 1. The van der Waals surface area contributed by atoms with Crippen molar-refractivity contribution in [1.82, 2.24) is 0 Å². The number of rotatable bonds is 2. The summed E-state index contributed by atoms with van der Waals surface area (Å²) in [4.78, 5) is 11.6. The molecular formula is C12H10FNO2. The second kappa shape index (κ2) is 4.18. The molecule has 1 aromatic carbocycles. The molecule has 2 aromatic rings. The number of hydrogen-bond acceptors (Lipinski definition) is 2. The van der Waals surface area contributed by atoms with Gasteiger partial charge in [0.1, 0.15) is 11.6 Å². The molecule has 0 bridgehead atoms. The normalized spacial score (nSPS) is 10.1. The number of hydrogen-bond donors (Lipinski definition) is 1. The second-order valence-corrected chi connectivity index (χ2v) is 3.34. The van der Waals surface area contributed by atoms with E-state index in [1.165, 1.54) is 12.1 Å². The van der Waals surface area contributed by atoms with Gasteiger partial charge in [-0.15, -0.1) is 0 Å². The lowest BCUT2D eigenvalue weighted by molar-refractivity contribution is 0.0995. The van der Waals surface area contributed by atoms with Gasteiger partial charge < -0.3 is 9.73 Å². The van der Waals surface area contributed by atoms with Gasteiger partial charge in [0.2, 0.25) is 0 Å². The Balaban J connectivity index is 2.17. The first-order valence-corrected chi connectivity index (χ1v) is 4.79. The molecule has 16 heavy (non-hydrogen) atoms. The Labute approximate surface area is 91.9 Å². The zero-order valence-corrected chi connectivity index (χ0v) is 8.66. The Morgan fingerprint density at radius 3 is 2.62 bits per heavy atom. The number of amides is 1. The molecule has 82 valence electrons. The molecule has 0 saturated carbocycles. The van der Waals surface area contributed by atoms with E-state index in [0.29, 0.717) is 5.76 Å².